The molecule has 0 spiro atoms. The molecule has 0 aromatic carbocycles. The number of phosphoric ester groups is 1. The molecule has 0 aromatic rings. The number of carbonyl (C=O) groups is 3. The smallest absolute Gasteiger partial charge is 0.472 e. The first kappa shape index (κ1) is 61.2. The number of carboxylic acid groups (broad SMARTS) is 1. The topological polar surface area (TPSA) is 172 Å². The quantitative estimate of drug-likeness (QED) is 0.0230. The van der Waals surface area contributed by atoms with Crippen LogP contribution < -0.4 is 5.73 Å². The summed E-state index contributed by atoms with van der Waals surface area (Å²) in [4.78, 5) is 46.2. The third-order valence-corrected chi connectivity index (χ3v) is 11.7. The zero-order chi connectivity index (χ0) is 47.0. The van der Waals surface area contributed by atoms with Crippen LogP contribution in [-0.4, -0.2) is 59.9 Å². The Hall–Kier alpha value is -2.82. The summed E-state index contributed by atoms with van der Waals surface area (Å²) in [5.41, 5.74) is 5.35. The lowest BCUT2D eigenvalue weighted by Gasteiger charge is -2.20. The van der Waals surface area contributed by atoms with Gasteiger partial charge in [-0.25, -0.2) is 4.57 Å². The van der Waals surface area contributed by atoms with Gasteiger partial charge in [-0.05, 0) is 83.5 Å². The number of aliphatic carboxylic acids is 1. The van der Waals surface area contributed by atoms with E-state index in [2.05, 4.69) is 79.1 Å². The van der Waals surface area contributed by atoms with E-state index >= 15 is 0 Å². The van der Waals surface area contributed by atoms with Crippen molar-refractivity contribution in [3.05, 3.63) is 60.8 Å². The summed E-state index contributed by atoms with van der Waals surface area (Å²) in [6.45, 7) is 2.76. The highest BCUT2D eigenvalue weighted by Gasteiger charge is 2.28. The van der Waals surface area contributed by atoms with Crippen molar-refractivity contribution in [2.24, 2.45) is 5.73 Å². The molecule has 0 fully saturated rings. The molecule has 0 aliphatic rings. The second-order valence-electron chi connectivity index (χ2n) is 16.9. The molecule has 11 nitrogen and oxygen atoms in total. The number of allylic oxidation sites excluding steroid dienone is 10. The van der Waals surface area contributed by atoms with E-state index in [-0.39, 0.29) is 19.4 Å². The van der Waals surface area contributed by atoms with Crippen molar-refractivity contribution in [3.63, 3.8) is 0 Å². The Morgan fingerprint density at radius 2 is 0.828 bits per heavy atom. The summed E-state index contributed by atoms with van der Waals surface area (Å²) < 4.78 is 32.8. The maximum Gasteiger partial charge on any atom is 0.472 e. The molecule has 370 valence electrons. The average Bonchev–Trinajstić information content (AvgIpc) is 3.27. The van der Waals surface area contributed by atoms with Gasteiger partial charge < -0.3 is 25.2 Å². The SMILES string of the molecule is CCCCC/C=C/C/C=C/C/C=C/C/C=C/CCCCCC(=O)OC[C@H](COP(=O)(O)OC[C@H](N)C(=O)O)OC(=O)CCCCCCCCCCCCC/C=C/CCCCCCCC. The van der Waals surface area contributed by atoms with Crippen LogP contribution in [0.5, 0.6) is 0 Å². The van der Waals surface area contributed by atoms with Crippen LogP contribution in [0.15, 0.2) is 60.8 Å². The molecule has 1 unspecified atom stereocenters. The number of hydrogen-bond donors (Lipinski definition) is 3. The fourth-order valence-corrected chi connectivity index (χ4v) is 7.53. The molecular weight excluding hydrogens is 830 g/mol. The summed E-state index contributed by atoms with van der Waals surface area (Å²) in [7, 11) is -4.73. The van der Waals surface area contributed by atoms with Gasteiger partial charge in [0.25, 0.3) is 0 Å². The summed E-state index contributed by atoms with van der Waals surface area (Å²) in [6, 6.07) is -1.53. The lowest BCUT2D eigenvalue weighted by atomic mass is 10.0. The Labute approximate surface area is 389 Å². The maximum atomic E-state index is 12.7. The predicted octanol–water partition coefficient (Wildman–Crippen LogP) is 14.3. The third kappa shape index (κ3) is 45.7. The lowest BCUT2D eigenvalue weighted by Crippen LogP contribution is -2.34. The minimum Gasteiger partial charge on any atom is -0.480 e. The highest BCUT2D eigenvalue weighted by Crippen LogP contribution is 2.43. The highest BCUT2D eigenvalue weighted by molar-refractivity contribution is 7.47. The monoisotopic (exact) mass is 922 g/mol. The molecule has 0 saturated carbocycles. The molecular formula is C52H92NO10P. The summed E-state index contributed by atoms with van der Waals surface area (Å²) in [6.07, 6.45) is 55.7. The van der Waals surface area contributed by atoms with Crippen molar-refractivity contribution in [3.8, 4) is 0 Å². The van der Waals surface area contributed by atoms with Crippen LogP contribution in [0, 0.1) is 0 Å². The van der Waals surface area contributed by atoms with Gasteiger partial charge in [-0.1, -0.05) is 184 Å². The fraction of sp³-hybridized carbons (Fsp3) is 0.750. The first-order valence-corrected chi connectivity index (χ1v) is 26.8. The van der Waals surface area contributed by atoms with E-state index in [4.69, 9.17) is 24.8 Å². The molecule has 0 aliphatic heterocycles. The molecule has 0 rings (SSSR count). The van der Waals surface area contributed by atoms with E-state index in [9.17, 15) is 23.8 Å². The standard InChI is InChI=1S/C52H92NO10P/c1-3-5-7-9-11-13-15-17-19-21-23-24-26-28-30-32-34-36-38-40-42-44-51(55)63-48(46-61-64(58,59)62-47-49(53)52(56)57)45-60-50(54)43-41-39-37-35-33-31-29-27-25-22-20-18-16-14-12-10-8-6-4-2/h12,14,17-20,25,27,31,33,48-49H,3-11,13,15-16,21-24,26,28-30,32,34-47,53H2,1-2H3,(H,56,57)(H,58,59)/b14-12+,19-17+,20-18+,27-25+,33-31+/t48-,49+/m1/s1. The molecule has 0 radical (unpaired) electrons. The van der Waals surface area contributed by atoms with Crippen LogP contribution in [0.3, 0.4) is 0 Å². The molecule has 0 saturated heterocycles. The van der Waals surface area contributed by atoms with Gasteiger partial charge in [0.1, 0.15) is 12.6 Å². The van der Waals surface area contributed by atoms with E-state index in [1.54, 1.807) is 0 Å². The number of ether oxygens (including phenoxy) is 2. The van der Waals surface area contributed by atoms with Crippen molar-refractivity contribution < 1.29 is 47.5 Å². The number of carboxylic acids is 1. The molecule has 0 bridgehead atoms. The summed E-state index contributed by atoms with van der Waals surface area (Å²) in [5, 5.41) is 8.92. The summed E-state index contributed by atoms with van der Waals surface area (Å²) >= 11 is 0. The Bertz CT molecular complexity index is 1310. The van der Waals surface area contributed by atoms with Gasteiger partial charge in [-0.3, -0.25) is 23.4 Å². The molecule has 0 aromatic heterocycles. The van der Waals surface area contributed by atoms with Gasteiger partial charge in [0.15, 0.2) is 6.10 Å². The molecule has 3 atom stereocenters. The van der Waals surface area contributed by atoms with Gasteiger partial charge in [-0.2, -0.15) is 0 Å². The van der Waals surface area contributed by atoms with Gasteiger partial charge >= 0.3 is 25.7 Å². The van der Waals surface area contributed by atoms with Crippen LogP contribution in [0.25, 0.3) is 0 Å². The van der Waals surface area contributed by atoms with Crippen molar-refractivity contribution in [1.82, 2.24) is 0 Å². The van der Waals surface area contributed by atoms with Crippen molar-refractivity contribution >= 4 is 25.7 Å². The number of nitrogens with two attached hydrogens (primary N) is 1. The zero-order valence-corrected chi connectivity index (χ0v) is 41.3. The van der Waals surface area contributed by atoms with Crippen molar-refractivity contribution in [1.29, 1.82) is 0 Å². The van der Waals surface area contributed by atoms with Gasteiger partial charge in [0.05, 0.1) is 13.2 Å². The molecule has 0 heterocycles. The highest BCUT2D eigenvalue weighted by atomic mass is 31.2. The Kier molecular flexibility index (Phi) is 44.6. The van der Waals surface area contributed by atoms with Crippen molar-refractivity contribution in [2.75, 3.05) is 19.8 Å². The van der Waals surface area contributed by atoms with E-state index in [1.165, 1.54) is 122 Å². The van der Waals surface area contributed by atoms with Crippen LogP contribution in [-0.2, 0) is 37.5 Å². The number of rotatable bonds is 47. The number of unbranched alkanes of at least 4 members (excludes halogenated alkanes) is 23. The molecule has 12 heteroatoms. The lowest BCUT2D eigenvalue weighted by molar-refractivity contribution is -0.161. The second-order valence-corrected chi connectivity index (χ2v) is 18.4. The molecule has 0 amide bonds. The van der Waals surface area contributed by atoms with Gasteiger partial charge in [0, 0.05) is 12.8 Å². The molecule has 64 heavy (non-hydrogen) atoms. The summed E-state index contributed by atoms with van der Waals surface area (Å²) in [5.74, 6) is -2.42. The van der Waals surface area contributed by atoms with Crippen LogP contribution in [0.4, 0.5) is 0 Å². The first-order valence-electron chi connectivity index (χ1n) is 25.3. The third-order valence-electron chi connectivity index (χ3n) is 10.7. The second kappa shape index (κ2) is 46.7. The van der Waals surface area contributed by atoms with Crippen LogP contribution in [0.2, 0.25) is 0 Å². The van der Waals surface area contributed by atoms with E-state index in [1.807, 2.05) is 0 Å². The number of esters is 2. The Balaban J connectivity index is 4.32. The largest absolute Gasteiger partial charge is 0.480 e. The minimum atomic E-state index is -4.73. The minimum absolute atomic E-state index is 0.152. The van der Waals surface area contributed by atoms with Gasteiger partial charge in [-0.15, -0.1) is 0 Å². The predicted molar refractivity (Wildman–Crippen MR) is 263 cm³/mol. The van der Waals surface area contributed by atoms with E-state index < -0.39 is 51.1 Å². The fourth-order valence-electron chi connectivity index (χ4n) is 6.75. The first-order chi connectivity index (χ1) is 31.1. The van der Waals surface area contributed by atoms with Crippen LogP contribution >= 0.6 is 7.82 Å². The van der Waals surface area contributed by atoms with E-state index in [0.29, 0.717) is 12.8 Å². The Morgan fingerprint density at radius 1 is 0.484 bits per heavy atom. The van der Waals surface area contributed by atoms with E-state index in [0.717, 1.165) is 57.8 Å². The number of carbonyl (C=O) groups excluding carboxylic acids is 2. The molecule has 0 aliphatic carbocycles. The van der Waals surface area contributed by atoms with Crippen LogP contribution in [0.1, 0.15) is 219 Å². The van der Waals surface area contributed by atoms with Crippen molar-refractivity contribution in [2.45, 2.75) is 231 Å². The molecule has 4 N–H and O–H groups in total. The average molecular weight is 922 g/mol. The Morgan fingerprint density at radius 3 is 1.30 bits per heavy atom. The van der Waals surface area contributed by atoms with Gasteiger partial charge in [0.2, 0.25) is 0 Å². The number of hydrogen-bond acceptors (Lipinski definition) is 9. The zero-order valence-electron chi connectivity index (χ0n) is 40.4. The number of phosphoric acid groups is 1. The normalized spacial score (nSPS) is 14.1. The maximum absolute atomic E-state index is 12.7.